The van der Waals surface area contributed by atoms with Crippen molar-refractivity contribution >= 4 is 27.3 Å². The van der Waals surface area contributed by atoms with Gasteiger partial charge < -0.3 is 5.32 Å². The molecule has 0 aliphatic carbocycles. The molecule has 2 rings (SSSR count). The summed E-state index contributed by atoms with van der Waals surface area (Å²) in [6, 6.07) is 7.43. The molecule has 1 heterocycles. The molecule has 0 saturated heterocycles. The highest BCUT2D eigenvalue weighted by Crippen LogP contribution is 2.27. The summed E-state index contributed by atoms with van der Waals surface area (Å²) in [5.74, 6) is -0.224. The fourth-order valence-electron chi connectivity index (χ4n) is 1.85. The number of benzene rings is 1. The van der Waals surface area contributed by atoms with Gasteiger partial charge in [0.1, 0.15) is 5.82 Å². The molecule has 1 atom stereocenters. The number of nitrogens with one attached hydrogen (secondary N) is 1. The zero-order valence-corrected chi connectivity index (χ0v) is 12.5. The van der Waals surface area contributed by atoms with Gasteiger partial charge >= 0.3 is 0 Å². The van der Waals surface area contributed by atoms with Gasteiger partial charge in [0.15, 0.2) is 0 Å². The van der Waals surface area contributed by atoms with Crippen molar-refractivity contribution in [3.63, 3.8) is 0 Å². The van der Waals surface area contributed by atoms with Crippen molar-refractivity contribution in [3.8, 4) is 0 Å². The van der Waals surface area contributed by atoms with Crippen molar-refractivity contribution in [1.29, 1.82) is 0 Å². The van der Waals surface area contributed by atoms with Crippen molar-refractivity contribution in [3.05, 3.63) is 56.4 Å². The third-order valence-electron chi connectivity index (χ3n) is 2.75. The lowest BCUT2D eigenvalue weighted by Gasteiger charge is -2.18. The predicted octanol–water partition coefficient (Wildman–Crippen LogP) is 4.74. The van der Waals surface area contributed by atoms with Gasteiger partial charge in [0.2, 0.25) is 0 Å². The van der Waals surface area contributed by atoms with E-state index in [0.717, 1.165) is 18.5 Å². The lowest BCUT2D eigenvalue weighted by atomic mass is 10.0. The first-order valence-corrected chi connectivity index (χ1v) is 7.66. The van der Waals surface area contributed by atoms with Gasteiger partial charge in [0, 0.05) is 0 Å². The molecule has 0 radical (unpaired) electrons. The van der Waals surface area contributed by atoms with E-state index in [4.69, 9.17) is 0 Å². The molecule has 1 unspecified atom stereocenters. The minimum atomic E-state index is -0.224. The Hall–Kier alpha value is -0.710. The average molecular weight is 328 g/mol. The Labute approximate surface area is 119 Å². The highest BCUT2D eigenvalue weighted by Gasteiger charge is 2.14. The zero-order valence-electron chi connectivity index (χ0n) is 10.1. The maximum Gasteiger partial charge on any atom is 0.137 e. The molecular formula is C14H15BrFNS. The second-order valence-corrected chi connectivity index (χ2v) is 5.75. The monoisotopic (exact) mass is 327 g/mol. The Balaban J connectivity index is 2.30. The van der Waals surface area contributed by atoms with Gasteiger partial charge in [-0.05, 0) is 69.0 Å². The van der Waals surface area contributed by atoms with Crippen LogP contribution in [0.25, 0.3) is 0 Å². The fourth-order valence-corrected chi connectivity index (χ4v) is 2.93. The highest BCUT2D eigenvalue weighted by molar-refractivity contribution is 9.10. The quantitative estimate of drug-likeness (QED) is 0.836. The van der Waals surface area contributed by atoms with Gasteiger partial charge in [0.25, 0.3) is 0 Å². The van der Waals surface area contributed by atoms with Crippen LogP contribution in [-0.4, -0.2) is 6.54 Å². The van der Waals surface area contributed by atoms with E-state index < -0.39 is 0 Å². The van der Waals surface area contributed by atoms with Crippen LogP contribution in [0.4, 0.5) is 4.39 Å². The SMILES string of the molecule is CCCNC(c1ccsc1)c1ccc(F)c(Br)c1. The molecule has 0 fully saturated rings. The number of halogens is 2. The fraction of sp³-hybridized carbons (Fsp3) is 0.286. The molecular weight excluding hydrogens is 313 g/mol. The maximum absolute atomic E-state index is 13.3. The lowest BCUT2D eigenvalue weighted by Crippen LogP contribution is -2.22. The molecule has 1 N–H and O–H groups in total. The van der Waals surface area contributed by atoms with Crippen LogP contribution in [0.15, 0.2) is 39.5 Å². The zero-order chi connectivity index (χ0) is 13.0. The summed E-state index contributed by atoms with van der Waals surface area (Å²) in [4.78, 5) is 0. The van der Waals surface area contributed by atoms with Crippen molar-refractivity contribution < 1.29 is 4.39 Å². The minimum absolute atomic E-state index is 0.132. The van der Waals surface area contributed by atoms with Gasteiger partial charge in [-0.15, -0.1) is 0 Å². The van der Waals surface area contributed by atoms with E-state index in [1.807, 2.05) is 12.1 Å². The van der Waals surface area contributed by atoms with E-state index in [0.29, 0.717) is 4.47 Å². The van der Waals surface area contributed by atoms with Gasteiger partial charge in [0.05, 0.1) is 10.5 Å². The summed E-state index contributed by atoms with van der Waals surface area (Å²) >= 11 is 4.92. The minimum Gasteiger partial charge on any atom is -0.306 e. The van der Waals surface area contributed by atoms with E-state index >= 15 is 0 Å². The topological polar surface area (TPSA) is 12.0 Å². The molecule has 1 aromatic heterocycles. The van der Waals surface area contributed by atoms with Gasteiger partial charge in [-0.2, -0.15) is 11.3 Å². The molecule has 0 aliphatic heterocycles. The standard InChI is InChI=1S/C14H15BrFNS/c1-2-6-17-14(11-5-7-18-9-11)10-3-4-13(16)12(15)8-10/h3-5,7-9,14,17H,2,6H2,1H3. The van der Waals surface area contributed by atoms with E-state index in [-0.39, 0.29) is 11.9 Å². The average Bonchev–Trinajstić information content (AvgIpc) is 2.88. The molecule has 4 heteroatoms. The van der Waals surface area contributed by atoms with Crippen LogP contribution in [0.1, 0.15) is 30.5 Å². The Kier molecular flexibility index (Phi) is 4.92. The third kappa shape index (κ3) is 3.19. The molecule has 18 heavy (non-hydrogen) atoms. The number of hydrogen-bond acceptors (Lipinski definition) is 2. The molecule has 0 bridgehead atoms. The first kappa shape index (κ1) is 13.7. The van der Waals surface area contributed by atoms with Gasteiger partial charge in [-0.1, -0.05) is 13.0 Å². The number of hydrogen-bond donors (Lipinski definition) is 1. The second kappa shape index (κ2) is 6.45. The van der Waals surface area contributed by atoms with Crippen LogP contribution >= 0.6 is 27.3 Å². The first-order valence-electron chi connectivity index (χ1n) is 5.92. The summed E-state index contributed by atoms with van der Waals surface area (Å²) in [5.41, 5.74) is 2.31. The first-order chi connectivity index (χ1) is 8.72. The Bertz CT molecular complexity index is 499. The largest absolute Gasteiger partial charge is 0.306 e. The smallest absolute Gasteiger partial charge is 0.137 e. The van der Waals surface area contributed by atoms with Crippen molar-refractivity contribution in [2.75, 3.05) is 6.54 Å². The molecule has 0 saturated carbocycles. The van der Waals surface area contributed by atoms with Crippen LogP contribution in [0.2, 0.25) is 0 Å². The Morgan fingerprint density at radius 3 is 2.78 bits per heavy atom. The molecule has 0 spiro atoms. The van der Waals surface area contributed by atoms with Crippen molar-refractivity contribution in [1.82, 2.24) is 5.32 Å². The van der Waals surface area contributed by atoms with E-state index in [2.05, 4.69) is 45.0 Å². The van der Waals surface area contributed by atoms with Crippen LogP contribution in [0.3, 0.4) is 0 Å². The van der Waals surface area contributed by atoms with Crippen molar-refractivity contribution in [2.45, 2.75) is 19.4 Å². The number of thiophene rings is 1. The normalized spacial score (nSPS) is 12.6. The Morgan fingerprint density at radius 1 is 1.33 bits per heavy atom. The molecule has 0 amide bonds. The number of rotatable bonds is 5. The summed E-state index contributed by atoms with van der Waals surface area (Å²) in [6.45, 7) is 3.08. The second-order valence-electron chi connectivity index (χ2n) is 4.12. The lowest BCUT2D eigenvalue weighted by molar-refractivity contribution is 0.592. The van der Waals surface area contributed by atoms with E-state index in [9.17, 15) is 4.39 Å². The summed E-state index contributed by atoms with van der Waals surface area (Å²) in [5, 5.41) is 7.69. The summed E-state index contributed by atoms with van der Waals surface area (Å²) in [6.07, 6.45) is 1.07. The molecule has 2 aromatic rings. The highest BCUT2D eigenvalue weighted by atomic mass is 79.9. The molecule has 96 valence electrons. The van der Waals surface area contributed by atoms with Crippen LogP contribution in [0, 0.1) is 5.82 Å². The van der Waals surface area contributed by atoms with Crippen LogP contribution in [0.5, 0.6) is 0 Å². The van der Waals surface area contributed by atoms with Gasteiger partial charge in [-0.3, -0.25) is 0 Å². The maximum atomic E-state index is 13.3. The third-order valence-corrected chi connectivity index (χ3v) is 4.06. The van der Waals surface area contributed by atoms with E-state index in [1.54, 1.807) is 11.3 Å². The Morgan fingerprint density at radius 2 is 2.17 bits per heavy atom. The summed E-state index contributed by atoms with van der Waals surface area (Å²) < 4.78 is 13.8. The summed E-state index contributed by atoms with van der Waals surface area (Å²) in [7, 11) is 0. The molecule has 0 aliphatic rings. The van der Waals surface area contributed by atoms with Crippen molar-refractivity contribution in [2.24, 2.45) is 0 Å². The van der Waals surface area contributed by atoms with Gasteiger partial charge in [-0.25, -0.2) is 4.39 Å². The van der Waals surface area contributed by atoms with E-state index in [1.165, 1.54) is 11.6 Å². The molecule has 1 aromatic carbocycles. The predicted molar refractivity (Wildman–Crippen MR) is 78.6 cm³/mol. The van der Waals surface area contributed by atoms with Crippen LogP contribution < -0.4 is 5.32 Å². The van der Waals surface area contributed by atoms with Crippen LogP contribution in [-0.2, 0) is 0 Å². The molecule has 1 nitrogen and oxygen atoms in total.